The van der Waals surface area contributed by atoms with Crippen LogP contribution in [0.15, 0.2) is 18.2 Å². The molecule has 0 aromatic heterocycles. The molecule has 1 aromatic carbocycles. The molecule has 0 amide bonds. The first-order valence-corrected chi connectivity index (χ1v) is 4.64. The van der Waals surface area contributed by atoms with Gasteiger partial charge in [0.15, 0.2) is 0 Å². The van der Waals surface area contributed by atoms with Crippen molar-refractivity contribution < 1.29 is 8.76 Å². The number of hydrogen-bond acceptors (Lipinski definition) is 3. The predicted molar refractivity (Wildman–Crippen MR) is 48.7 cm³/mol. The van der Waals surface area contributed by atoms with E-state index in [1.54, 1.807) is 0 Å². The Kier molecular flexibility index (Phi) is 3.25. The Hall–Kier alpha value is -1.09. The van der Waals surface area contributed by atoms with Crippen LogP contribution in [-0.2, 0) is 11.3 Å². The maximum atomic E-state index is 10.3. The molecule has 0 radical (unpaired) electrons. The van der Waals surface area contributed by atoms with E-state index in [-0.39, 0.29) is 11.3 Å². The van der Waals surface area contributed by atoms with E-state index in [1.807, 2.05) is 6.07 Å². The van der Waals surface area contributed by atoms with Crippen molar-refractivity contribution in [3.8, 4) is 6.07 Å². The van der Waals surface area contributed by atoms with E-state index in [0.717, 1.165) is 0 Å². The lowest BCUT2D eigenvalue weighted by Crippen LogP contribution is -2.03. The number of anilines is 1. The van der Waals surface area contributed by atoms with Crippen LogP contribution in [0.4, 0.5) is 5.69 Å². The van der Waals surface area contributed by atoms with Gasteiger partial charge in [-0.05, 0) is 18.2 Å². The predicted octanol–water partition coefficient (Wildman–Crippen LogP) is 1.42. The van der Waals surface area contributed by atoms with Gasteiger partial charge in [0.25, 0.3) is 0 Å². The van der Waals surface area contributed by atoms with Gasteiger partial charge in [0.2, 0.25) is 0 Å². The van der Waals surface area contributed by atoms with E-state index in [4.69, 9.17) is 16.9 Å². The van der Waals surface area contributed by atoms with E-state index in [0.29, 0.717) is 5.02 Å². The molecule has 68 valence electrons. The lowest BCUT2D eigenvalue weighted by Gasteiger charge is -2.09. The summed E-state index contributed by atoms with van der Waals surface area (Å²) in [5.74, 6) is 0. The Morgan fingerprint density at radius 2 is 2.31 bits per heavy atom. The topological polar surface area (TPSA) is 76.0 Å². The van der Waals surface area contributed by atoms with Crippen LogP contribution in [0.25, 0.3) is 0 Å². The normalized spacial score (nSPS) is 11.8. The van der Waals surface area contributed by atoms with Gasteiger partial charge in [0.05, 0.1) is 11.3 Å². The fourth-order valence-electron chi connectivity index (χ4n) is 0.788. The zero-order chi connectivity index (χ0) is 9.84. The monoisotopic (exact) mass is 215 g/mol. The molecule has 1 unspecified atom stereocenters. The van der Waals surface area contributed by atoms with Crippen LogP contribution in [0.2, 0.25) is 5.02 Å². The molecule has 1 aromatic rings. The standard InChI is InChI=1S/C7H5ClN2O2S/c8-6-1-2-7(10-13(11)12)5(3-6)4-9/h1-3,10H,(H,11,12)/p-1. The van der Waals surface area contributed by atoms with Gasteiger partial charge in [0.1, 0.15) is 6.07 Å². The summed E-state index contributed by atoms with van der Waals surface area (Å²) in [4.78, 5) is 0. The van der Waals surface area contributed by atoms with Crippen molar-refractivity contribution in [2.45, 2.75) is 0 Å². The first kappa shape index (κ1) is 9.99. The molecule has 13 heavy (non-hydrogen) atoms. The third-order valence-corrected chi connectivity index (χ3v) is 1.92. The number of nitriles is 1. The molecule has 6 heteroatoms. The van der Waals surface area contributed by atoms with Crippen molar-refractivity contribution in [1.29, 1.82) is 5.26 Å². The van der Waals surface area contributed by atoms with Gasteiger partial charge in [-0.25, -0.2) is 0 Å². The molecule has 1 rings (SSSR count). The molecular weight excluding hydrogens is 212 g/mol. The largest absolute Gasteiger partial charge is 0.755 e. The lowest BCUT2D eigenvalue weighted by atomic mass is 10.2. The van der Waals surface area contributed by atoms with E-state index in [2.05, 4.69) is 4.72 Å². The molecule has 0 saturated heterocycles. The van der Waals surface area contributed by atoms with Crippen LogP contribution in [0, 0.1) is 11.3 Å². The van der Waals surface area contributed by atoms with Crippen LogP contribution in [0.1, 0.15) is 5.56 Å². The van der Waals surface area contributed by atoms with Gasteiger partial charge in [-0.1, -0.05) is 11.6 Å². The van der Waals surface area contributed by atoms with E-state index in [1.165, 1.54) is 18.2 Å². The van der Waals surface area contributed by atoms with E-state index in [9.17, 15) is 8.76 Å². The van der Waals surface area contributed by atoms with Crippen molar-refractivity contribution in [3.63, 3.8) is 0 Å². The Morgan fingerprint density at radius 3 is 2.85 bits per heavy atom. The molecule has 1 N–H and O–H groups in total. The van der Waals surface area contributed by atoms with Crippen molar-refractivity contribution in [2.24, 2.45) is 0 Å². The minimum absolute atomic E-state index is 0.191. The number of benzene rings is 1. The Balaban J connectivity index is 3.08. The molecule has 0 saturated carbocycles. The molecule has 1 atom stereocenters. The molecular formula is C7H4ClN2O2S-. The zero-order valence-electron chi connectivity index (χ0n) is 6.28. The molecule has 0 spiro atoms. The second kappa shape index (κ2) is 4.23. The van der Waals surface area contributed by atoms with Gasteiger partial charge >= 0.3 is 0 Å². The fraction of sp³-hybridized carbons (Fsp3) is 0. The molecule has 0 bridgehead atoms. The van der Waals surface area contributed by atoms with Gasteiger partial charge in [-0.15, -0.1) is 0 Å². The van der Waals surface area contributed by atoms with Gasteiger partial charge in [0, 0.05) is 16.3 Å². The summed E-state index contributed by atoms with van der Waals surface area (Å²) < 4.78 is 22.6. The van der Waals surface area contributed by atoms with Crippen molar-refractivity contribution in [3.05, 3.63) is 28.8 Å². The maximum absolute atomic E-state index is 10.3. The first-order valence-electron chi connectivity index (χ1n) is 3.19. The summed E-state index contributed by atoms with van der Waals surface area (Å²) in [5.41, 5.74) is 0.414. The van der Waals surface area contributed by atoms with Gasteiger partial charge in [-0.3, -0.25) is 4.21 Å². The minimum Gasteiger partial charge on any atom is -0.755 e. The molecule has 4 nitrogen and oxygen atoms in total. The van der Waals surface area contributed by atoms with Crippen LogP contribution in [-0.4, -0.2) is 8.76 Å². The lowest BCUT2D eigenvalue weighted by molar-refractivity contribution is 0.542. The third-order valence-electron chi connectivity index (χ3n) is 1.30. The summed E-state index contributed by atoms with van der Waals surface area (Å²) in [7, 11) is 0. The smallest absolute Gasteiger partial charge is 0.101 e. The quantitative estimate of drug-likeness (QED) is 0.758. The van der Waals surface area contributed by atoms with Crippen LogP contribution >= 0.6 is 11.6 Å². The number of halogens is 1. The third kappa shape index (κ3) is 2.70. The highest BCUT2D eigenvalue weighted by Crippen LogP contribution is 2.19. The van der Waals surface area contributed by atoms with Crippen molar-refractivity contribution in [2.75, 3.05) is 4.72 Å². The van der Waals surface area contributed by atoms with E-state index >= 15 is 0 Å². The summed E-state index contributed by atoms with van der Waals surface area (Å²) in [6, 6.07) is 6.13. The minimum atomic E-state index is -2.43. The van der Waals surface area contributed by atoms with Crippen LogP contribution in [0.3, 0.4) is 0 Å². The summed E-state index contributed by atoms with van der Waals surface area (Å²) >= 11 is 3.17. The summed E-state index contributed by atoms with van der Waals surface area (Å²) in [6.45, 7) is 0. The molecule has 0 aliphatic carbocycles. The van der Waals surface area contributed by atoms with Crippen LogP contribution < -0.4 is 4.72 Å². The number of nitrogens with one attached hydrogen (secondary N) is 1. The average molecular weight is 216 g/mol. The SMILES string of the molecule is N#Cc1cc(Cl)ccc1NS(=O)[O-]. The molecule has 0 aliphatic rings. The van der Waals surface area contributed by atoms with Crippen LogP contribution in [0.5, 0.6) is 0 Å². The summed E-state index contributed by atoms with van der Waals surface area (Å²) in [5, 5.41) is 8.99. The number of nitrogens with zero attached hydrogens (tertiary/aromatic N) is 1. The number of rotatable bonds is 2. The highest BCUT2D eigenvalue weighted by Gasteiger charge is 2.01. The molecule has 0 heterocycles. The van der Waals surface area contributed by atoms with Crippen molar-refractivity contribution >= 4 is 28.6 Å². The second-order valence-corrected chi connectivity index (χ2v) is 3.25. The highest BCUT2D eigenvalue weighted by atomic mass is 35.5. The van der Waals surface area contributed by atoms with E-state index < -0.39 is 11.3 Å². The Labute approximate surface area is 82.6 Å². The number of hydrogen-bond donors (Lipinski definition) is 1. The molecule has 0 fully saturated rings. The average Bonchev–Trinajstić information content (AvgIpc) is 2.07. The van der Waals surface area contributed by atoms with Gasteiger partial charge in [-0.2, -0.15) is 5.26 Å². The van der Waals surface area contributed by atoms with Crippen molar-refractivity contribution in [1.82, 2.24) is 0 Å². The second-order valence-electron chi connectivity index (χ2n) is 2.14. The Bertz CT molecular complexity index is 389. The zero-order valence-corrected chi connectivity index (χ0v) is 7.85. The first-order chi connectivity index (χ1) is 6.13. The fourth-order valence-corrected chi connectivity index (χ4v) is 1.32. The maximum Gasteiger partial charge on any atom is 0.101 e. The highest BCUT2D eigenvalue weighted by molar-refractivity contribution is 7.80. The summed E-state index contributed by atoms with van der Waals surface area (Å²) in [6.07, 6.45) is 0. The Morgan fingerprint density at radius 1 is 1.62 bits per heavy atom. The van der Waals surface area contributed by atoms with Gasteiger partial charge < -0.3 is 9.27 Å². The molecule has 0 aliphatic heterocycles.